The highest BCUT2D eigenvalue weighted by Crippen LogP contribution is 2.41. The fourth-order valence-corrected chi connectivity index (χ4v) is 4.42. The van der Waals surface area contributed by atoms with Crippen LogP contribution in [0.15, 0.2) is 30.8 Å². The van der Waals surface area contributed by atoms with Crippen LogP contribution in [0.4, 0.5) is 5.69 Å². The summed E-state index contributed by atoms with van der Waals surface area (Å²) in [6.07, 6.45) is 1.79. The summed E-state index contributed by atoms with van der Waals surface area (Å²) in [5.74, 6) is -0.655. The van der Waals surface area contributed by atoms with Crippen molar-refractivity contribution in [1.29, 1.82) is 0 Å². The van der Waals surface area contributed by atoms with E-state index in [2.05, 4.69) is 11.9 Å². The first-order chi connectivity index (χ1) is 13.4. The van der Waals surface area contributed by atoms with Crippen molar-refractivity contribution in [3.63, 3.8) is 0 Å². The van der Waals surface area contributed by atoms with E-state index in [1.165, 1.54) is 6.92 Å². The van der Waals surface area contributed by atoms with Crippen molar-refractivity contribution in [2.75, 3.05) is 11.9 Å². The number of hydrogen-bond donors (Lipinski definition) is 1. The number of aryl methyl sites for hydroxylation is 2. The van der Waals surface area contributed by atoms with E-state index in [4.69, 9.17) is 4.74 Å². The summed E-state index contributed by atoms with van der Waals surface area (Å²) in [5, 5.41) is 3.77. The first-order valence-electron chi connectivity index (χ1n) is 9.15. The Labute approximate surface area is 168 Å². The predicted octanol–water partition coefficient (Wildman–Crippen LogP) is 5.15. The van der Waals surface area contributed by atoms with Crippen LogP contribution in [-0.4, -0.2) is 23.1 Å². The van der Waals surface area contributed by atoms with Crippen molar-refractivity contribution >= 4 is 45.2 Å². The average Bonchev–Trinajstić information content (AvgIpc) is 3.10. The van der Waals surface area contributed by atoms with Gasteiger partial charge in [0, 0.05) is 23.7 Å². The number of amides is 1. The second kappa shape index (κ2) is 8.02. The van der Waals surface area contributed by atoms with Gasteiger partial charge in [-0.05, 0) is 37.5 Å². The smallest absolute Gasteiger partial charge is 0.357 e. The minimum atomic E-state index is -0.436. The normalized spacial score (nSPS) is 10.9. The number of thiophene rings is 1. The molecule has 1 amide bonds. The third kappa shape index (κ3) is 3.60. The molecule has 0 fully saturated rings. The zero-order chi connectivity index (χ0) is 20.4. The summed E-state index contributed by atoms with van der Waals surface area (Å²) in [5.41, 5.74) is 4.06. The van der Waals surface area contributed by atoms with E-state index in [1.807, 2.05) is 42.7 Å². The molecule has 1 N–H and O–H groups in total. The lowest BCUT2D eigenvalue weighted by Crippen LogP contribution is -2.17. The van der Waals surface area contributed by atoms with E-state index in [0.29, 0.717) is 17.9 Å². The maximum absolute atomic E-state index is 12.8. The van der Waals surface area contributed by atoms with Gasteiger partial charge in [-0.2, -0.15) is 0 Å². The van der Waals surface area contributed by atoms with Crippen molar-refractivity contribution in [3.8, 4) is 0 Å². The number of hydrogen-bond acceptors (Lipinski definition) is 4. The summed E-state index contributed by atoms with van der Waals surface area (Å²) in [6, 6.07) is 8.02. The standard InChI is InChI=1S/C22H24N2O3S/c1-6-16-8-10-17(11-9-16)12-24-20(22(26)27-7-2)19(23-15(5)25)18-13(3)14(4)28-21(18)24/h6,8-11H,1,7,12H2,2-5H3,(H,23,25). The topological polar surface area (TPSA) is 60.3 Å². The molecular weight excluding hydrogens is 372 g/mol. The van der Waals surface area contributed by atoms with E-state index < -0.39 is 5.97 Å². The van der Waals surface area contributed by atoms with Crippen LogP contribution in [-0.2, 0) is 16.1 Å². The van der Waals surface area contributed by atoms with Crippen molar-refractivity contribution in [3.05, 3.63) is 58.1 Å². The summed E-state index contributed by atoms with van der Waals surface area (Å²) in [6.45, 7) is 11.8. The Morgan fingerprint density at radius 2 is 1.93 bits per heavy atom. The van der Waals surface area contributed by atoms with Gasteiger partial charge >= 0.3 is 5.97 Å². The average molecular weight is 397 g/mol. The zero-order valence-electron chi connectivity index (χ0n) is 16.6. The predicted molar refractivity (Wildman–Crippen MR) is 115 cm³/mol. The number of rotatable bonds is 6. The van der Waals surface area contributed by atoms with E-state index in [0.717, 1.165) is 31.8 Å². The summed E-state index contributed by atoms with van der Waals surface area (Å²) >= 11 is 1.62. The molecule has 0 bridgehead atoms. The molecule has 146 valence electrons. The number of anilines is 1. The van der Waals surface area contributed by atoms with Crippen LogP contribution < -0.4 is 5.32 Å². The molecule has 28 heavy (non-hydrogen) atoms. The molecule has 0 saturated heterocycles. The van der Waals surface area contributed by atoms with E-state index in [9.17, 15) is 9.59 Å². The Morgan fingerprint density at radius 3 is 2.50 bits per heavy atom. The van der Waals surface area contributed by atoms with Gasteiger partial charge in [0.25, 0.3) is 0 Å². The molecule has 2 aromatic heterocycles. The molecule has 0 atom stereocenters. The first-order valence-corrected chi connectivity index (χ1v) is 9.97. The van der Waals surface area contributed by atoms with Crippen molar-refractivity contribution < 1.29 is 14.3 Å². The quantitative estimate of drug-likeness (QED) is 0.587. The lowest BCUT2D eigenvalue weighted by atomic mass is 10.1. The molecule has 2 heterocycles. The molecule has 0 saturated carbocycles. The maximum atomic E-state index is 12.8. The molecule has 5 nitrogen and oxygen atoms in total. The molecular formula is C22H24N2O3S. The van der Waals surface area contributed by atoms with Crippen LogP contribution in [0.1, 0.15) is 45.9 Å². The van der Waals surface area contributed by atoms with Gasteiger partial charge in [-0.3, -0.25) is 4.79 Å². The molecule has 0 radical (unpaired) electrons. The van der Waals surface area contributed by atoms with Crippen LogP contribution in [0.3, 0.4) is 0 Å². The van der Waals surface area contributed by atoms with Crippen LogP contribution in [0.5, 0.6) is 0 Å². The monoisotopic (exact) mass is 396 g/mol. The SMILES string of the molecule is C=Cc1ccc(Cn2c(C(=O)OCC)c(NC(C)=O)c3c(C)c(C)sc32)cc1. The van der Waals surface area contributed by atoms with Gasteiger partial charge in [0.15, 0.2) is 5.69 Å². The van der Waals surface area contributed by atoms with Gasteiger partial charge in [0.05, 0.1) is 12.3 Å². The molecule has 0 aliphatic heterocycles. The lowest BCUT2D eigenvalue weighted by molar-refractivity contribution is -0.114. The highest BCUT2D eigenvalue weighted by Gasteiger charge is 2.28. The van der Waals surface area contributed by atoms with Crippen LogP contribution >= 0.6 is 11.3 Å². The van der Waals surface area contributed by atoms with Crippen LogP contribution in [0.2, 0.25) is 0 Å². The first kappa shape index (κ1) is 19.9. The number of aromatic nitrogens is 1. The third-order valence-corrected chi connectivity index (χ3v) is 5.92. The Balaban J connectivity index is 2.23. The molecule has 0 aliphatic rings. The Kier molecular flexibility index (Phi) is 5.70. The Morgan fingerprint density at radius 1 is 1.25 bits per heavy atom. The highest BCUT2D eigenvalue weighted by atomic mass is 32.1. The van der Waals surface area contributed by atoms with Crippen molar-refractivity contribution in [2.45, 2.75) is 34.2 Å². The molecule has 1 aromatic carbocycles. The van der Waals surface area contributed by atoms with E-state index >= 15 is 0 Å². The fourth-order valence-electron chi connectivity index (χ4n) is 3.25. The lowest BCUT2D eigenvalue weighted by Gasteiger charge is -2.12. The van der Waals surface area contributed by atoms with Crippen molar-refractivity contribution in [2.24, 2.45) is 0 Å². The Hall–Kier alpha value is -2.86. The van der Waals surface area contributed by atoms with E-state index in [1.54, 1.807) is 24.3 Å². The van der Waals surface area contributed by atoms with Crippen LogP contribution in [0.25, 0.3) is 16.3 Å². The van der Waals surface area contributed by atoms with Gasteiger partial charge in [-0.15, -0.1) is 11.3 Å². The van der Waals surface area contributed by atoms with Gasteiger partial charge in [0.2, 0.25) is 5.91 Å². The van der Waals surface area contributed by atoms with Gasteiger partial charge in [-0.25, -0.2) is 4.79 Å². The molecule has 3 aromatic rings. The second-order valence-electron chi connectivity index (χ2n) is 6.62. The summed E-state index contributed by atoms with van der Waals surface area (Å²) < 4.78 is 7.26. The molecule has 0 unspecified atom stereocenters. The third-order valence-electron chi connectivity index (χ3n) is 4.69. The van der Waals surface area contributed by atoms with Gasteiger partial charge < -0.3 is 14.6 Å². The number of fused-ring (bicyclic) bond motifs is 1. The summed E-state index contributed by atoms with van der Waals surface area (Å²) in [7, 11) is 0. The van der Waals surface area contributed by atoms with Crippen molar-refractivity contribution in [1.82, 2.24) is 4.57 Å². The minimum Gasteiger partial charge on any atom is -0.461 e. The minimum absolute atomic E-state index is 0.219. The maximum Gasteiger partial charge on any atom is 0.357 e. The second-order valence-corrected chi connectivity index (χ2v) is 7.82. The number of nitrogens with one attached hydrogen (secondary N) is 1. The Bertz CT molecular complexity index is 1060. The van der Waals surface area contributed by atoms with Gasteiger partial charge in [-0.1, -0.05) is 36.9 Å². The van der Waals surface area contributed by atoms with E-state index in [-0.39, 0.29) is 12.5 Å². The number of nitrogens with zero attached hydrogens (tertiary/aromatic N) is 1. The molecule has 0 spiro atoms. The summed E-state index contributed by atoms with van der Waals surface area (Å²) in [4.78, 5) is 26.8. The molecule has 3 rings (SSSR count). The number of ether oxygens (including phenoxy) is 1. The highest BCUT2D eigenvalue weighted by molar-refractivity contribution is 7.19. The van der Waals surface area contributed by atoms with Gasteiger partial charge in [0.1, 0.15) is 4.83 Å². The number of carbonyl (C=O) groups is 2. The zero-order valence-corrected chi connectivity index (χ0v) is 17.4. The number of esters is 1. The molecule has 6 heteroatoms. The van der Waals surface area contributed by atoms with Crippen LogP contribution in [0, 0.1) is 13.8 Å². The molecule has 0 aliphatic carbocycles. The number of carbonyl (C=O) groups excluding carboxylic acids is 2. The fraction of sp³-hybridized carbons (Fsp3) is 0.273. The number of benzene rings is 1. The largest absolute Gasteiger partial charge is 0.461 e.